The van der Waals surface area contributed by atoms with Crippen LogP contribution in [0.5, 0.6) is 0 Å². The second-order valence-corrected chi connectivity index (χ2v) is 5.36. The highest BCUT2D eigenvalue weighted by molar-refractivity contribution is 7.90. The Hall–Kier alpha value is -1.61. The predicted molar refractivity (Wildman–Crippen MR) is 63.0 cm³/mol. The summed E-state index contributed by atoms with van der Waals surface area (Å²) < 4.78 is 36.0. The zero-order valence-electron chi connectivity index (χ0n) is 10.3. The lowest BCUT2D eigenvalue weighted by molar-refractivity contribution is -0.140. The van der Waals surface area contributed by atoms with Crippen molar-refractivity contribution in [2.45, 2.75) is 13.3 Å². The molecule has 1 heterocycles. The fraction of sp³-hybridized carbons (Fsp3) is 0.556. The molecule has 0 spiro atoms. The Balaban J connectivity index is 2.60. The lowest BCUT2D eigenvalue weighted by Crippen LogP contribution is -2.34. The molecule has 0 saturated carbocycles. The van der Waals surface area contributed by atoms with Gasteiger partial charge in [0.2, 0.25) is 0 Å². The molecular weight excluding hydrogens is 262 g/mol. The largest absolute Gasteiger partial charge is 0.469 e. The number of anilines is 1. The number of hydrogen-bond donors (Lipinski definition) is 1. The first-order chi connectivity index (χ1) is 8.35. The van der Waals surface area contributed by atoms with Gasteiger partial charge in [-0.1, -0.05) is 5.16 Å². The van der Waals surface area contributed by atoms with Gasteiger partial charge >= 0.3 is 16.2 Å². The van der Waals surface area contributed by atoms with E-state index in [1.807, 2.05) is 0 Å². The van der Waals surface area contributed by atoms with Crippen LogP contribution in [0.2, 0.25) is 0 Å². The summed E-state index contributed by atoms with van der Waals surface area (Å²) in [7, 11) is -1.16. The van der Waals surface area contributed by atoms with Crippen LogP contribution < -0.4 is 4.72 Å². The molecule has 0 aliphatic carbocycles. The topological polar surface area (TPSA) is 102 Å². The van der Waals surface area contributed by atoms with Crippen molar-refractivity contribution in [3.8, 4) is 0 Å². The van der Waals surface area contributed by atoms with Crippen molar-refractivity contribution in [2.75, 3.05) is 25.4 Å². The smallest absolute Gasteiger partial charge is 0.306 e. The fourth-order valence-corrected chi connectivity index (χ4v) is 1.94. The standard InChI is InChI=1S/C9H15N3O5S/c1-7-6-8(10-17-7)11-18(14,15)12(2)5-4-9(13)16-3/h6H,4-5H2,1-3H3,(H,10,11). The Morgan fingerprint density at radius 1 is 1.61 bits per heavy atom. The number of hydrogen-bond acceptors (Lipinski definition) is 6. The van der Waals surface area contributed by atoms with Crippen LogP contribution in [0.4, 0.5) is 5.82 Å². The number of nitrogens with one attached hydrogen (secondary N) is 1. The number of carbonyl (C=O) groups is 1. The van der Waals surface area contributed by atoms with Crippen molar-refractivity contribution in [2.24, 2.45) is 0 Å². The fourth-order valence-electron chi connectivity index (χ4n) is 1.10. The maximum absolute atomic E-state index is 11.8. The van der Waals surface area contributed by atoms with Crippen molar-refractivity contribution in [1.82, 2.24) is 9.46 Å². The van der Waals surface area contributed by atoms with Crippen LogP contribution in [0, 0.1) is 6.92 Å². The van der Waals surface area contributed by atoms with Gasteiger partial charge in [0.1, 0.15) is 5.76 Å². The Bertz CT molecular complexity index is 510. The molecule has 0 unspecified atom stereocenters. The SMILES string of the molecule is COC(=O)CCN(C)S(=O)(=O)Nc1cc(C)on1. The van der Waals surface area contributed by atoms with E-state index in [-0.39, 0.29) is 18.8 Å². The zero-order chi connectivity index (χ0) is 13.8. The number of aryl methyl sites for hydroxylation is 1. The summed E-state index contributed by atoms with van der Waals surface area (Å²) in [6, 6.07) is 1.45. The van der Waals surface area contributed by atoms with Crippen LogP contribution in [0.1, 0.15) is 12.2 Å². The number of ether oxygens (including phenoxy) is 1. The van der Waals surface area contributed by atoms with Gasteiger partial charge in [0.05, 0.1) is 13.5 Å². The van der Waals surface area contributed by atoms with Gasteiger partial charge in [0.15, 0.2) is 5.82 Å². The monoisotopic (exact) mass is 277 g/mol. The van der Waals surface area contributed by atoms with E-state index in [9.17, 15) is 13.2 Å². The number of esters is 1. The van der Waals surface area contributed by atoms with E-state index in [1.165, 1.54) is 20.2 Å². The van der Waals surface area contributed by atoms with E-state index >= 15 is 0 Å². The van der Waals surface area contributed by atoms with Gasteiger partial charge in [-0.15, -0.1) is 0 Å². The molecule has 102 valence electrons. The van der Waals surface area contributed by atoms with E-state index in [2.05, 4.69) is 14.6 Å². The molecule has 1 N–H and O–H groups in total. The first-order valence-corrected chi connectivity index (χ1v) is 6.53. The molecule has 1 rings (SSSR count). The quantitative estimate of drug-likeness (QED) is 0.742. The third-order valence-corrected chi connectivity index (χ3v) is 3.60. The van der Waals surface area contributed by atoms with Crippen molar-refractivity contribution >= 4 is 22.0 Å². The Labute approximate surface area is 105 Å². The van der Waals surface area contributed by atoms with E-state index in [0.717, 1.165) is 4.31 Å². The number of nitrogens with zero attached hydrogens (tertiary/aromatic N) is 2. The summed E-state index contributed by atoms with van der Waals surface area (Å²) in [5.74, 6) is 0.108. The van der Waals surface area contributed by atoms with E-state index < -0.39 is 16.2 Å². The number of methoxy groups -OCH3 is 1. The Kier molecular flexibility index (Phi) is 4.68. The summed E-state index contributed by atoms with van der Waals surface area (Å²) in [5, 5.41) is 3.51. The van der Waals surface area contributed by atoms with Crippen molar-refractivity contribution in [3.05, 3.63) is 11.8 Å². The van der Waals surface area contributed by atoms with Crippen LogP contribution >= 0.6 is 0 Å². The molecule has 8 nitrogen and oxygen atoms in total. The molecule has 0 aromatic carbocycles. The molecule has 0 radical (unpaired) electrons. The summed E-state index contributed by atoms with van der Waals surface area (Å²) in [6.45, 7) is 1.66. The summed E-state index contributed by atoms with van der Waals surface area (Å²) >= 11 is 0. The normalized spacial score (nSPS) is 11.6. The molecule has 0 atom stereocenters. The van der Waals surface area contributed by atoms with Gasteiger partial charge < -0.3 is 9.26 Å². The number of rotatable bonds is 6. The molecule has 0 amide bonds. The number of carbonyl (C=O) groups excluding carboxylic acids is 1. The van der Waals surface area contributed by atoms with Crippen LogP contribution in [0.3, 0.4) is 0 Å². The van der Waals surface area contributed by atoms with E-state index in [4.69, 9.17) is 4.52 Å². The lowest BCUT2D eigenvalue weighted by Gasteiger charge is -2.16. The van der Waals surface area contributed by atoms with E-state index in [1.54, 1.807) is 6.92 Å². The average molecular weight is 277 g/mol. The predicted octanol–water partition coefficient (Wildman–Crippen LogP) is 0.135. The minimum atomic E-state index is -3.75. The minimum absolute atomic E-state index is 0.0127. The second kappa shape index (κ2) is 5.83. The van der Waals surface area contributed by atoms with E-state index in [0.29, 0.717) is 5.76 Å². The first kappa shape index (κ1) is 14.5. The third-order valence-electron chi connectivity index (χ3n) is 2.13. The van der Waals surface area contributed by atoms with Crippen LogP contribution in [-0.4, -0.2) is 44.6 Å². The van der Waals surface area contributed by atoms with Crippen molar-refractivity contribution in [1.29, 1.82) is 0 Å². The number of aromatic nitrogens is 1. The first-order valence-electron chi connectivity index (χ1n) is 5.09. The molecule has 1 aromatic heterocycles. The molecule has 0 aliphatic rings. The molecule has 18 heavy (non-hydrogen) atoms. The summed E-state index contributed by atoms with van der Waals surface area (Å²) in [6.07, 6.45) is -0.0221. The lowest BCUT2D eigenvalue weighted by atomic mass is 10.4. The molecular formula is C9H15N3O5S. The average Bonchev–Trinajstić information content (AvgIpc) is 2.70. The van der Waals surface area contributed by atoms with Crippen molar-refractivity contribution in [3.63, 3.8) is 0 Å². The molecule has 0 aliphatic heterocycles. The van der Waals surface area contributed by atoms with Crippen LogP contribution in [0.25, 0.3) is 0 Å². The van der Waals surface area contributed by atoms with Crippen molar-refractivity contribution < 1.29 is 22.5 Å². The van der Waals surface area contributed by atoms with Gasteiger partial charge in [-0.3, -0.25) is 9.52 Å². The van der Waals surface area contributed by atoms with Gasteiger partial charge in [-0.05, 0) is 6.92 Å². The maximum Gasteiger partial charge on any atom is 0.306 e. The Morgan fingerprint density at radius 2 is 2.28 bits per heavy atom. The minimum Gasteiger partial charge on any atom is -0.469 e. The van der Waals surface area contributed by atoms with Gasteiger partial charge in [-0.2, -0.15) is 12.7 Å². The Morgan fingerprint density at radius 3 is 2.78 bits per heavy atom. The zero-order valence-corrected chi connectivity index (χ0v) is 11.2. The summed E-state index contributed by atoms with van der Waals surface area (Å²) in [5.41, 5.74) is 0. The van der Waals surface area contributed by atoms with Gasteiger partial charge in [0.25, 0.3) is 0 Å². The maximum atomic E-state index is 11.8. The highest BCUT2D eigenvalue weighted by atomic mass is 32.2. The summed E-state index contributed by atoms with van der Waals surface area (Å²) in [4.78, 5) is 10.9. The van der Waals surface area contributed by atoms with Crippen LogP contribution in [-0.2, 0) is 19.7 Å². The van der Waals surface area contributed by atoms with Gasteiger partial charge in [-0.25, -0.2) is 0 Å². The highest BCUT2D eigenvalue weighted by Gasteiger charge is 2.20. The third kappa shape index (κ3) is 4.00. The van der Waals surface area contributed by atoms with Gasteiger partial charge in [0, 0.05) is 19.7 Å². The molecule has 1 aromatic rings. The molecule has 0 bridgehead atoms. The molecule has 9 heteroatoms. The highest BCUT2D eigenvalue weighted by Crippen LogP contribution is 2.10. The van der Waals surface area contributed by atoms with Crippen LogP contribution in [0.15, 0.2) is 10.6 Å². The second-order valence-electron chi connectivity index (χ2n) is 3.58. The molecule has 0 saturated heterocycles. The molecule has 0 fully saturated rings.